The van der Waals surface area contributed by atoms with E-state index in [2.05, 4.69) is 91.0 Å². The van der Waals surface area contributed by atoms with Gasteiger partial charge in [-0.3, -0.25) is 0 Å². The van der Waals surface area contributed by atoms with E-state index in [4.69, 9.17) is 28.8 Å². The van der Waals surface area contributed by atoms with Crippen LogP contribution in [0.1, 0.15) is 0 Å². The molecule has 0 atom stereocenters. The molecule has 0 amide bonds. The van der Waals surface area contributed by atoms with Gasteiger partial charge in [0.1, 0.15) is 16.7 Å². The summed E-state index contributed by atoms with van der Waals surface area (Å²) >= 11 is 0. The molecule has 6 heteroatoms. The van der Waals surface area contributed by atoms with Gasteiger partial charge < -0.3 is 8.83 Å². The van der Waals surface area contributed by atoms with Gasteiger partial charge in [-0.15, -0.1) is 0 Å². The molecule has 9 aromatic carbocycles. The minimum atomic E-state index is 0.574. The van der Waals surface area contributed by atoms with Crippen LogP contribution in [0.3, 0.4) is 0 Å². The Morgan fingerprint density at radius 3 is 1.46 bits per heavy atom. The summed E-state index contributed by atoms with van der Waals surface area (Å²) in [5.74, 6) is 2.38. The van der Waals surface area contributed by atoms with Crippen molar-refractivity contribution < 1.29 is 8.83 Å². The third-order valence-electron chi connectivity index (χ3n) is 10.9. The highest BCUT2D eigenvalue weighted by molar-refractivity contribution is 6.27. The summed E-state index contributed by atoms with van der Waals surface area (Å²) in [7, 11) is 0. The Morgan fingerprint density at radius 2 is 0.786 bits per heavy atom. The second-order valence-electron chi connectivity index (χ2n) is 14.2. The Balaban J connectivity index is 1.08. The minimum absolute atomic E-state index is 0.574. The van der Waals surface area contributed by atoms with Crippen LogP contribution in [0, 0.1) is 0 Å². The minimum Gasteiger partial charge on any atom is -0.456 e. The largest absolute Gasteiger partial charge is 0.456 e. The topological polar surface area (TPSA) is 77.8 Å². The van der Waals surface area contributed by atoms with Gasteiger partial charge in [0.25, 0.3) is 0 Å². The molecule has 0 bridgehead atoms. The Morgan fingerprint density at radius 1 is 0.304 bits per heavy atom. The van der Waals surface area contributed by atoms with E-state index >= 15 is 0 Å². The van der Waals surface area contributed by atoms with Crippen molar-refractivity contribution in [1.82, 2.24) is 19.9 Å². The van der Waals surface area contributed by atoms with E-state index in [1.54, 1.807) is 0 Å². The predicted molar refractivity (Wildman–Crippen MR) is 226 cm³/mol. The molecule has 0 radical (unpaired) electrons. The zero-order valence-electron chi connectivity index (χ0n) is 29.8. The Hall–Kier alpha value is -7.70. The summed E-state index contributed by atoms with van der Waals surface area (Å²) in [4.78, 5) is 20.4. The normalized spacial score (nSPS) is 11.9. The van der Waals surface area contributed by atoms with Gasteiger partial charge in [-0.1, -0.05) is 127 Å². The van der Waals surface area contributed by atoms with Crippen LogP contribution >= 0.6 is 0 Å². The highest BCUT2D eigenvalue weighted by atomic mass is 16.4. The zero-order valence-corrected chi connectivity index (χ0v) is 29.8. The van der Waals surface area contributed by atoms with Crippen LogP contribution in [0.2, 0.25) is 0 Å². The third-order valence-corrected chi connectivity index (χ3v) is 10.9. The summed E-state index contributed by atoms with van der Waals surface area (Å²) in [6.45, 7) is 0. The molecule has 0 N–H and O–H groups in total. The number of benzene rings is 9. The van der Waals surface area contributed by atoms with Gasteiger partial charge in [-0.05, 0) is 85.6 Å². The number of oxazole rings is 1. The first-order valence-corrected chi connectivity index (χ1v) is 18.6. The molecule has 0 spiro atoms. The molecule has 0 saturated carbocycles. The van der Waals surface area contributed by atoms with E-state index in [9.17, 15) is 0 Å². The van der Waals surface area contributed by atoms with E-state index in [-0.39, 0.29) is 0 Å². The van der Waals surface area contributed by atoms with Crippen molar-refractivity contribution in [2.45, 2.75) is 0 Å². The summed E-state index contributed by atoms with van der Waals surface area (Å²) in [5, 5.41) is 11.2. The van der Waals surface area contributed by atoms with Crippen molar-refractivity contribution in [2.75, 3.05) is 0 Å². The van der Waals surface area contributed by atoms with E-state index in [1.807, 2.05) is 78.9 Å². The fourth-order valence-corrected chi connectivity index (χ4v) is 8.30. The van der Waals surface area contributed by atoms with Crippen LogP contribution in [0.15, 0.2) is 179 Å². The fourth-order valence-electron chi connectivity index (χ4n) is 8.30. The maximum absolute atomic E-state index is 6.45. The number of nitrogens with zero attached hydrogens (tertiary/aromatic N) is 4. The third kappa shape index (κ3) is 4.69. The van der Waals surface area contributed by atoms with Gasteiger partial charge >= 0.3 is 0 Å². The molecule has 6 nitrogen and oxygen atoms in total. The van der Waals surface area contributed by atoms with Crippen LogP contribution in [0.4, 0.5) is 0 Å². The Labute approximate surface area is 319 Å². The van der Waals surface area contributed by atoms with E-state index in [0.29, 0.717) is 28.9 Å². The van der Waals surface area contributed by atoms with Crippen molar-refractivity contribution in [2.24, 2.45) is 0 Å². The molecule has 3 aromatic heterocycles. The molecule has 0 fully saturated rings. The average Bonchev–Trinajstić information content (AvgIpc) is 3.89. The average molecular weight is 717 g/mol. The lowest BCUT2D eigenvalue weighted by Gasteiger charge is -2.13. The summed E-state index contributed by atoms with van der Waals surface area (Å²) in [6.07, 6.45) is 0. The monoisotopic (exact) mass is 716 g/mol. The van der Waals surface area contributed by atoms with Gasteiger partial charge in [0.05, 0.1) is 5.39 Å². The second-order valence-corrected chi connectivity index (χ2v) is 14.2. The number of furan rings is 1. The molecule has 12 rings (SSSR count). The predicted octanol–water partition coefficient (Wildman–Crippen LogP) is 13.2. The van der Waals surface area contributed by atoms with Gasteiger partial charge in [0.2, 0.25) is 5.89 Å². The van der Waals surface area contributed by atoms with Gasteiger partial charge in [-0.25, -0.2) is 19.9 Å². The second kappa shape index (κ2) is 11.9. The van der Waals surface area contributed by atoms with Crippen LogP contribution in [0.25, 0.3) is 122 Å². The molecule has 0 aliphatic carbocycles. The zero-order chi connectivity index (χ0) is 36.7. The molecule has 56 heavy (non-hydrogen) atoms. The van der Waals surface area contributed by atoms with Crippen molar-refractivity contribution in [1.29, 1.82) is 0 Å². The van der Waals surface area contributed by atoms with Crippen molar-refractivity contribution in [3.8, 4) is 45.6 Å². The molecule has 0 aliphatic rings. The van der Waals surface area contributed by atoms with Crippen molar-refractivity contribution in [3.63, 3.8) is 0 Å². The molecule has 0 saturated heterocycles. The molecule has 260 valence electrons. The van der Waals surface area contributed by atoms with E-state index in [1.165, 1.54) is 26.9 Å². The first-order chi connectivity index (χ1) is 27.7. The number of aromatic nitrogens is 4. The molecular weight excluding hydrogens is 689 g/mol. The van der Waals surface area contributed by atoms with Gasteiger partial charge in [0, 0.05) is 27.6 Å². The highest BCUT2D eigenvalue weighted by Crippen LogP contribution is 2.41. The smallest absolute Gasteiger partial charge is 0.227 e. The van der Waals surface area contributed by atoms with Crippen molar-refractivity contribution in [3.05, 3.63) is 170 Å². The van der Waals surface area contributed by atoms with Crippen molar-refractivity contribution >= 4 is 76.1 Å². The first-order valence-electron chi connectivity index (χ1n) is 18.6. The van der Waals surface area contributed by atoms with Gasteiger partial charge in [-0.2, -0.15) is 0 Å². The lowest BCUT2D eigenvalue weighted by Crippen LogP contribution is -2.00. The maximum atomic E-state index is 6.45. The lowest BCUT2D eigenvalue weighted by molar-refractivity contribution is 0.619. The van der Waals surface area contributed by atoms with E-state index in [0.717, 1.165) is 65.9 Å². The standard InChI is InChI=1S/C50H28N4O2/c1-3-11-30(12-4-1)47-52-48(54-49(53-47)33-21-23-38-36-17-8-7-15-34(36)35-16-9-10-18-37(35)40(38)28-33)32-20-19-29-22-24-41-44(39(29)27-32)45-42(55-41)25-26-43-46(45)51-50(56-43)31-13-5-2-6-14-31/h1-28H. The maximum Gasteiger partial charge on any atom is 0.227 e. The highest BCUT2D eigenvalue weighted by Gasteiger charge is 2.20. The molecule has 12 aromatic rings. The molecule has 3 heterocycles. The number of rotatable bonds is 4. The molecular formula is C50H28N4O2. The van der Waals surface area contributed by atoms with Crippen LogP contribution in [0.5, 0.6) is 0 Å². The Kier molecular flexibility index (Phi) is 6.53. The number of fused-ring (bicyclic) bond motifs is 13. The van der Waals surface area contributed by atoms with E-state index < -0.39 is 0 Å². The number of hydrogen-bond acceptors (Lipinski definition) is 6. The summed E-state index contributed by atoms with van der Waals surface area (Å²) < 4.78 is 12.7. The fraction of sp³-hybridized carbons (Fsp3) is 0. The Bertz CT molecular complexity index is 3500. The molecule has 0 unspecified atom stereocenters. The summed E-state index contributed by atoms with van der Waals surface area (Å²) in [5.41, 5.74) is 6.63. The van der Waals surface area contributed by atoms with Crippen LogP contribution in [-0.4, -0.2) is 19.9 Å². The van der Waals surface area contributed by atoms with Gasteiger partial charge in [0.15, 0.2) is 23.1 Å². The first kappa shape index (κ1) is 30.7. The molecule has 0 aliphatic heterocycles. The number of hydrogen-bond donors (Lipinski definition) is 0. The van der Waals surface area contributed by atoms with Crippen LogP contribution in [-0.2, 0) is 0 Å². The quantitative estimate of drug-likeness (QED) is 0.169. The summed E-state index contributed by atoms with van der Waals surface area (Å²) in [6, 6.07) is 58.3. The lowest BCUT2D eigenvalue weighted by atomic mass is 9.93. The van der Waals surface area contributed by atoms with Crippen LogP contribution < -0.4 is 0 Å². The SMILES string of the molecule is c1ccc(-c2nc(-c3ccc4c5ccccc5c5ccccc5c4c3)nc(-c3ccc4ccc5oc6ccc7oc(-c8ccccc8)nc7c6c5c4c3)n2)cc1.